The summed E-state index contributed by atoms with van der Waals surface area (Å²) in [5, 5.41) is 7.66. The zero-order valence-corrected chi connectivity index (χ0v) is 13.0. The van der Waals surface area contributed by atoms with Crippen LogP contribution in [0.2, 0.25) is 0 Å². The molecule has 1 heterocycles. The Morgan fingerprint density at radius 2 is 2.00 bits per heavy atom. The van der Waals surface area contributed by atoms with Crippen molar-refractivity contribution in [2.75, 3.05) is 11.6 Å². The van der Waals surface area contributed by atoms with E-state index in [4.69, 9.17) is 0 Å². The van der Waals surface area contributed by atoms with Crippen molar-refractivity contribution in [2.45, 2.75) is 31.8 Å². The largest absolute Gasteiger partial charge is 0.378 e. The first-order valence-corrected chi connectivity index (χ1v) is 8.29. The van der Waals surface area contributed by atoms with Crippen molar-refractivity contribution in [3.8, 4) is 0 Å². The van der Waals surface area contributed by atoms with Gasteiger partial charge in [-0.25, -0.2) is 0 Å². The first kappa shape index (κ1) is 14.8. The normalized spacial score (nSPS) is 12.6. The summed E-state index contributed by atoms with van der Waals surface area (Å²) < 4.78 is 13.3. The van der Waals surface area contributed by atoms with E-state index in [0.717, 1.165) is 29.2 Å². The molecule has 1 atom stereocenters. The lowest BCUT2D eigenvalue weighted by Crippen LogP contribution is -2.04. The first-order valence-electron chi connectivity index (χ1n) is 6.73. The van der Waals surface area contributed by atoms with Crippen LogP contribution in [0.3, 0.4) is 0 Å². The molecule has 0 spiro atoms. The van der Waals surface area contributed by atoms with Crippen molar-refractivity contribution in [1.29, 1.82) is 0 Å². The van der Waals surface area contributed by atoms with Gasteiger partial charge in [-0.3, -0.25) is 8.89 Å². The number of nitrogens with zero attached hydrogens (tertiary/aromatic N) is 2. The minimum Gasteiger partial charge on any atom is -0.378 e. The summed E-state index contributed by atoms with van der Waals surface area (Å²) in [5.41, 5.74) is 2.18. The monoisotopic (exact) mass is 291 g/mol. The number of anilines is 1. The van der Waals surface area contributed by atoms with Crippen LogP contribution in [0.4, 0.5) is 5.69 Å². The lowest BCUT2D eigenvalue weighted by Gasteiger charge is -2.05. The highest BCUT2D eigenvalue weighted by Gasteiger charge is 2.01. The van der Waals surface area contributed by atoms with E-state index in [-0.39, 0.29) is 0 Å². The highest BCUT2D eigenvalue weighted by molar-refractivity contribution is 7.84. The van der Waals surface area contributed by atoms with Crippen LogP contribution in [0.1, 0.15) is 19.4 Å². The molecule has 0 fully saturated rings. The highest BCUT2D eigenvalue weighted by atomic mass is 32.2. The fourth-order valence-electron chi connectivity index (χ4n) is 1.93. The van der Waals surface area contributed by atoms with Gasteiger partial charge in [0.15, 0.2) is 0 Å². The molecule has 0 saturated heterocycles. The topological polar surface area (TPSA) is 46.9 Å². The van der Waals surface area contributed by atoms with Gasteiger partial charge in [-0.05, 0) is 23.6 Å². The number of hydrogen-bond donors (Lipinski definition) is 1. The van der Waals surface area contributed by atoms with E-state index in [1.807, 2.05) is 41.3 Å². The highest BCUT2D eigenvalue weighted by Crippen LogP contribution is 2.11. The van der Waals surface area contributed by atoms with Gasteiger partial charge < -0.3 is 5.32 Å². The van der Waals surface area contributed by atoms with Crippen molar-refractivity contribution in [3.05, 3.63) is 42.2 Å². The van der Waals surface area contributed by atoms with Crippen LogP contribution < -0.4 is 5.32 Å². The average Bonchev–Trinajstić information content (AvgIpc) is 2.83. The minimum absolute atomic E-state index is 0.588. The molecule has 0 amide bonds. The number of rotatable bonds is 6. The van der Waals surface area contributed by atoms with Gasteiger partial charge in [0.05, 0.1) is 11.9 Å². The molecule has 0 saturated carbocycles. The molecule has 1 N–H and O–H groups in total. The van der Waals surface area contributed by atoms with Gasteiger partial charge in [-0.15, -0.1) is 0 Å². The van der Waals surface area contributed by atoms with Crippen LogP contribution in [0.5, 0.6) is 0 Å². The second-order valence-electron chi connectivity index (χ2n) is 5.30. The Hall–Kier alpha value is -1.62. The van der Waals surface area contributed by atoms with Crippen molar-refractivity contribution in [3.63, 3.8) is 0 Å². The summed E-state index contributed by atoms with van der Waals surface area (Å²) in [6, 6.07) is 7.83. The van der Waals surface area contributed by atoms with E-state index < -0.39 is 10.8 Å². The molecule has 2 rings (SSSR count). The Labute approximate surface area is 122 Å². The van der Waals surface area contributed by atoms with Crippen molar-refractivity contribution >= 4 is 16.5 Å². The Bertz CT molecular complexity index is 575. The fourth-order valence-corrected chi connectivity index (χ4v) is 2.45. The van der Waals surface area contributed by atoms with Crippen molar-refractivity contribution in [2.24, 2.45) is 5.92 Å². The molecule has 1 aromatic carbocycles. The second kappa shape index (κ2) is 6.70. The minimum atomic E-state index is -0.913. The molecule has 0 bridgehead atoms. The second-order valence-corrected chi connectivity index (χ2v) is 6.68. The molecule has 1 aromatic heterocycles. The maximum absolute atomic E-state index is 11.3. The molecule has 108 valence electrons. The van der Waals surface area contributed by atoms with Crippen LogP contribution in [0, 0.1) is 5.92 Å². The molecule has 1 unspecified atom stereocenters. The van der Waals surface area contributed by atoms with E-state index in [0.29, 0.717) is 5.92 Å². The van der Waals surface area contributed by atoms with E-state index in [1.165, 1.54) is 0 Å². The zero-order chi connectivity index (χ0) is 14.5. The Balaban J connectivity index is 1.91. The predicted molar refractivity (Wildman–Crippen MR) is 83.2 cm³/mol. The van der Waals surface area contributed by atoms with Crippen LogP contribution in [0.15, 0.2) is 41.6 Å². The van der Waals surface area contributed by atoms with Crippen molar-refractivity contribution in [1.82, 2.24) is 9.78 Å². The smallest absolute Gasteiger partial charge is 0.0729 e. The van der Waals surface area contributed by atoms with E-state index in [2.05, 4.69) is 24.3 Å². The van der Waals surface area contributed by atoms with Crippen LogP contribution in [-0.2, 0) is 23.9 Å². The van der Waals surface area contributed by atoms with Gasteiger partial charge in [0.25, 0.3) is 0 Å². The van der Waals surface area contributed by atoms with E-state index in [9.17, 15) is 4.21 Å². The quantitative estimate of drug-likeness (QED) is 0.890. The standard InChI is InChI=1S/C15H21N3OS/c1-12(2)10-18-11-14(9-17-18)16-8-13-4-6-15(7-5-13)20(3)19/h4-7,9,11-12,16H,8,10H2,1-3H3. The maximum atomic E-state index is 11.3. The van der Waals surface area contributed by atoms with Gasteiger partial charge in [0.1, 0.15) is 0 Å². The third-order valence-electron chi connectivity index (χ3n) is 2.94. The Kier molecular flexibility index (Phi) is 4.95. The number of hydrogen-bond acceptors (Lipinski definition) is 3. The molecule has 0 aliphatic rings. The number of nitrogens with one attached hydrogen (secondary N) is 1. The summed E-state index contributed by atoms with van der Waals surface area (Å²) in [4.78, 5) is 0.860. The number of aromatic nitrogens is 2. The molecule has 0 aliphatic carbocycles. The lowest BCUT2D eigenvalue weighted by molar-refractivity contribution is 0.483. The van der Waals surface area contributed by atoms with Crippen molar-refractivity contribution < 1.29 is 4.21 Å². The maximum Gasteiger partial charge on any atom is 0.0729 e. The average molecular weight is 291 g/mol. The van der Waals surface area contributed by atoms with Crippen LogP contribution >= 0.6 is 0 Å². The summed E-state index contributed by atoms with van der Waals surface area (Å²) >= 11 is 0. The van der Waals surface area contributed by atoms with E-state index >= 15 is 0 Å². The SMILES string of the molecule is CC(C)Cn1cc(NCc2ccc(S(C)=O)cc2)cn1. The summed E-state index contributed by atoms with van der Waals surface area (Å²) in [6.07, 6.45) is 5.56. The van der Waals surface area contributed by atoms with Gasteiger partial charge in [-0.2, -0.15) is 5.10 Å². The molecular weight excluding hydrogens is 270 g/mol. The summed E-state index contributed by atoms with van der Waals surface area (Å²) in [5.74, 6) is 0.588. The summed E-state index contributed by atoms with van der Waals surface area (Å²) in [6.45, 7) is 6.02. The molecular formula is C15H21N3OS. The Morgan fingerprint density at radius 3 is 2.60 bits per heavy atom. The van der Waals surface area contributed by atoms with Gasteiger partial charge >= 0.3 is 0 Å². The molecule has 0 radical (unpaired) electrons. The van der Waals surface area contributed by atoms with Crippen LogP contribution in [0.25, 0.3) is 0 Å². The molecule has 2 aromatic rings. The fraction of sp³-hybridized carbons (Fsp3) is 0.400. The first-order chi connectivity index (χ1) is 9.54. The molecule has 5 heteroatoms. The van der Waals surface area contributed by atoms with Gasteiger partial charge in [0.2, 0.25) is 0 Å². The van der Waals surface area contributed by atoms with E-state index in [1.54, 1.807) is 6.26 Å². The van der Waals surface area contributed by atoms with Crippen LogP contribution in [-0.4, -0.2) is 20.2 Å². The molecule has 4 nitrogen and oxygen atoms in total. The third-order valence-corrected chi connectivity index (χ3v) is 3.87. The third kappa shape index (κ3) is 4.20. The zero-order valence-electron chi connectivity index (χ0n) is 12.2. The number of benzene rings is 1. The van der Waals surface area contributed by atoms with Gasteiger partial charge in [0, 0.05) is 41.2 Å². The molecule has 0 aliphatic heterocycles. The summed E-state index contributed by atoms with van der Waals surface area (Å²) in [7, 11) is -0.913. The van der Waals surface area contributed by atoms with Gasteiger partial charge in [-0.1, -0.05) is 26.0 Å². The predicted octanol–water partition coefficient (Wildman–Crippen LogP) is 2.89. The molecule has 20 heavy (non-hydrogen) atoms. The Morgan fingerprint density at radius 1 is 1.30 bits per heavy atom. The lowest BCUT2D eigenvalue weighted by atomic mass is 10.2.